The zero-order valence-corrected chi connectivity index (χ0v) is 23.7. The van der Waals surface area contributed by atoms with Gasteiger partial charge in [0.05, 0.1) is 22.4 Å². The van der Waals surface area contributed by atoms with Crippen LogP contribution < -0.4 is 10.6 Å². The number of carbonyl (C=O) groups is 2. The lowest BCUT2D eigenvalue weighted by molar-refractivity contribution is -0.140. The van der Waals surface area contributed by atoms with Gasteiger partial charge in [-0.15, -0.1) is 0 Å². The number of nitrogens with one attached hydrogen (secondary N) is 2. The normalized spacial score (nSPS) is 12.8. The summed E-state index contributed by atoms with van der Waals surface area (Å²) in [6.07, 6.45) is 0.979. The Morgan fingerprint density at radius 3 is 1.38 bits per heavy atom. The summed E-state index contributed by atoms with van der Waals surface area (Å²) >= 11 is 0. The smallest absolute Gasteiger partial charge is 0.320 e. The van der Waals surface area contributed by atoms with Crippen LogP contribution in [0.25, 0.3) is 44.3 Å². The van der Waals surface area contributed by atoms with Gasteiger partial charge in [-0.2, -0.15) is 0 Å². The van der Waals surface area contributed by atoms with Crippen molar-refractivity contribution < 1.29 is 19.8 Å². The third kappa shape index (κ3) is 6.15. The van der Waals surface area contributed by atoms with Crippen LogP contribution in [0.4, 0.5) is 0 Å². The highest BCUT2D eigenvalue weighted by atomic mass is 16.4. The van der Waals surface area contributed by atoms with Gasteiger partial charge in [0.15, 0.2) is 0 Å². The molecule has 2 heterocycles. The molecule has 2 atom stereocenters. The molecule has 0 fully saturated rings. The van der Waals surface area contributed by atoms with Gasteiger partial charge in [-0.3, -0.25) is 9.59 Å². The maximum Gasteiger partial charge on any atom is 0.320 e. The monoisotopic (exact) mass is 562 g/mol. The number of hydrogen-bond donors (Lipinski definition) is 4. The third-order valence-electron chi connectivity index (χ3n) is 7.60. The molecule has 0 saturated heterocycles. The number of carboxylic acids is 2. The van der Waals surface area contributed by atoms with E-state index in [2.05, 4.69) is 10.6 Å². The highest BCUT2D eigenvalue weighted by Gasteiger charge is 2.17. The van der Waals surface area contributed by atoms with E-state index in [1.165, 1.54) is 0 Å². The molecule has 0 aliphatic carbocycles. The average Bonchev–Trinajstić information content (AvgIpc) is 3.01. The SMILES string of the molecule is CC[C@H](NCc1ccccc1-c1ccc2ccc3ccc(-c4ccccc4CN[C@@H](CC)C(=O)O)nc3c2n1)C(=O)O. The van der Waals surface area contributed by atoms with Crippen LogP contribution in [-0.2, 0) is 22.7 Å². The first-order chi connectivity index (χ1) is 20.4. The minimum atomic E-state index is -0.864. The van der Waals surface area contributed by atoms with Crippen molar-refractivity contribution in [3.05, 3.63) is 96.1 Å². The number of pyridine rings is 2. The quantitative estimate of drug-likeness (QED) is 0.136. The van der Waals surface area contributed by atoms with Crippen LogP contribution in [0.2, 0.25) is 0 Å². The molecular weight excluding hydrogens is 528 g/mol. The summed E-state index contributed by atoms with van der Waals surface area (Å²) in [7, 11) is 0. The summed E-state index contributed by atoms with van der Waals surface area (Å²) in [5, 5.41) is 27.1. The molecule has 8 heteroatoms. The molecule has 0 aliphatic rings. The molecule has 8 nitrogen and oxygen atoms in total. The van der Waals surface area contributed by atoms with E-state index in [9.17, 15) is 19.8 Å². The summed E-state index contributed by atoms with van der Waals surface area (Å²) in [4.78, 5) is 33.2. The van der Waals surface area contributed by atoms with Crippen molar-refractivity contribution in [1.29, 1.82) is 0 Å². The number of fused-ring (bicyclic) bond motifs is 3. The van der Waals surface area contributed by atoms with Gasteiger partial charge in [-0.25, -0.2) is 9.97 Å². The van der Waals surface area contributed by atoms with Gasteiger partial charge < -0.3 is 20.8 Å². The Bertz CT molecular complexity index is 1620. The Morgan fingerprint density at radius 2 is 1.00 bits per heavy atom. The van der Waals surface area contributed by atoms with E-state index in [1.807, 2.05) is 98.8 Å². The second kappa shape index (κ2) is 12.9. The first-order valence-electron chi connectivity index (χ1n) is 14.2. The predicted octanol–water partition coefficient (Wildman–Crippen LogP) is 6.02. The fourth-order valence-electron chi connectivity index (χ4n) is 5.20. The zero-order chi connectivity index (χ0) is 29.6. The van der Waals surface area contributed by atoms with Crippen LogP contribution in [-0.4, -0.2) is 44.2 Å². The van der Waals surface area contributed by atoms with Gasteiger partial charge in [-0.1, -0.05) is 86.6 Å². The third-order valence-corrected chi connectivity index (χ3v) is 7.60. The van der Waals surface area contributed by atoms with Gasteiger partial charge in [-0.05, 0) is 36.1 Å². The molecule has 2 aromatic heterocycles. The molecule has 5 rings (SSSR count). The Kier molecular flexibility index (Phi) is 8.85. The topological polar surface area (TPSA) is 124 Å². The van der Waals surface area contributed by atoms with Crippen LogP contribution in [0.1, 0.15) is 37.8 Å². The van der Waals surface area contributed by atoms with Gasteiger partial charge in [0.2, 0.25) is 0 Å². The summed E-state index contributed by atoms with van der Waals surface area (Å²) in [5.74, 6) is -1.73. The van der Waals surface area contributed by atoms with Crippen molar-refractivity contribution in [2.75, 3.05) is 0 Å². The molecule has 0 spiro atoms. The summed E-state index contributed by atoms with van der Waals surface area (Å²) in [5.41, 5.74) is 6.91. The number of aliphatic carboxylic acids is 2. The van der Waals surface area contributed by atoms with Crippen molar-refractivity contribution in [3.8, 4) is 22.5 Å². The lowest BCUT2D eigenvalue weighted by atomic mass is 10.0. The number of aromatic nitrogens is 2. The minimum Gasteiger partial charge on any atom is -0.480 e. The van der Waals surface area contributed by atoms with Gasteiger partial charge in [0, 0.05) is 35.0 Å². The fourth-order valence-corrected chi connectivity index (χ4v) is 5.20. The molecule has 42 heavy (non-hydrogen) atoms. The molecule has 0 radical (unpaired) electrons. The first-order valence-corrected chi connectivity index (χ1v) is 14.2. The number of hydrogen-bond acceptors (Lipinski definition) is 6. The molecule has 0 amide bonds. The largest absolute Gasteiger partial charge is 0.480 e. The lowest BCUT2D eigenvalue weighted by Gasteiger charge is -2.16. The van der Waals surface area contributed by atoms with Crippen LogP contribution in [0.3, 0.4) is 0 Å². The van der Waals surface area contributed by atoms with Crippen LogP contribution in [0.15, 0.2) is 84.9 Å². The number of rotatable bonds is 12. The summed E-state index contributed by atoms with van der Waals surface area (Å²) in [6.45, 7) is 4.51. The van der Waals surface area contributed by atoms with Crippen molar-refractivity contribution in [1.82, 2.24) is 20.6 Å². The molecule has 0 unspecified atom stereocenters. The van der Waals surface area contributed by atoms with E-state index in [-0.39, 0.29) is 0 Å². The van der Waals surface area contributed by atoms with Gasteiger partial charge in [0.1, 0.15) is 12.1 Å². The van der Waals surface area contributed by atoms with Crippen molar-refractivity contribution >= 4 is 33.7 Å². The van der Waals surface area contributed by atoms with Crippen molar-refractivity contribution in [2.45, 2.75) is 51.9 Å². The van der Waals surface area contributed by atoms with Gasteiger partial charge >= 0.3 is 11.9 Å². The second-order valence-electron chi connectivity index (χ2n) is 10.3. The van der Waals surface area contributed by atoms with E-state index >= 15 is 0 Å². The molecule has 0 aliphatic heterocycles. The summed E-state index contributed by atoms with van der Waals surface area (Å²) < 4.78 is 0. The lowest BCUT2D eigenvalue weighted by Crippen LogP contribution is -2.35. The number of benzene rings is 3. The van der Waals surface area contributed by atoms with E-state index in [0.29, 0.717) is 25.9 Å². The first kappa shape index (κ1) is 28.9. The van der Waals surface area contributed by atoms with Crippen molar-refractivity contribution in [2.24, 2.45) is 0 Å². The molecule has 0 saturated carbocycles. The van der Waals surface area contributed by atoms with Crippen LogP contribution >= 0.6 is 0 Å². The Hall–Kier alpha value is -4.66. The van der Waals surface area contributed by atoms with Crippen LogP contribution in [0, 0.1) is 0 Å². The Labute approximate surface area is 244 Å². The molecule has 4 N–H and O–H groups in total. The summed E-state index contributed by atoms with van der Waals surface area (Å²) in [6, 6.07) is 26.7. The molecule has 0 bridgehead atoms. The average molecular weight is 563 g/mol. The van der Waals surface area contributed by atoms with E-state index in [0.717, 1.165) is 55.4 Å². The number of nitrogens with zero attached hydrogens (tertiary/aromatic N) is 2. The molecule has 5 aromatic rings. The van der Waals surface area contributed by atoms with Crippen LogP contribution in [0.5, 0.6) is 0 Å². The highest BCUT2D eigenvalue weighted by Crippen LogP contribution is 2.31. The molecule has 214 valence electrons. The highest BCUT2D eigenvalue weighted by molar-refractivity contribution is 6.04. The number of carboxylic acid groups (broad SMARTS) is 2. The predicted molar refractivity (Wildman–Crippen MR) is 165 cm³/mol. The van der Waals surface area contributed by atoms with E-state index in [4.69, 9.17) is 9.97 Å². The zero-order valence-electron chi connectivity index (χ0n) is 23.7. The Morgan fingerprint density at radius 1 is 0.619 bits per heavy atom. The fraction of sp³-hybridized carbons (Fsp3) is 0.235. The Balaban J connectivity index is 1.54. The maximum atomic E-state index is 11.5. The standard InChI is InChI=1S/C34H34N4O4/c1-3-27(33(39)40)35-19-23-9-5-7-11-25(23)29-17-15-21-13-14-22-16-18-30(38-32(22)31(21)37-29)26-12-8-6-10-24(26)20-36-28(4-2)34(41)42/h5-18,27-28,35-36H,3-4,19-20H2,1-2H3,(H,39,40)(H,41,42)/t27-,28-/m0/s1. The van der Waals surface area contributed by atoms with Crippen molar-refractivity contribution in [3.63, 3.8) is 0 Å². The minimum absolute atomic E-state index is 0.407. The second-order valence-corrected chi connectivity index (χ2v) is 10.3. The molecular formula is C34H34N4O4. The van der Waals surface area contributed by atoms with E-state index in [1.54, 1.807) is 0 Å². The molecule has 3 aromatic carbocycles. The maximum absolute atomic E-state index is 11.5. The van der Waals surface area contributed by atoms with Gasteiger partial charge in [0.25, 0.3) is 0 Å². The van der Waals surface area contributed by atoms with E-state index < -0.39 is 24.0 Å².